The molecule has 0 fully saturated rings. The number of hydrogen-bond donors (Lipinski definition) is 0. The van der Waals surface area contributed by atoms with E-state index in [0.717, 1.165) is 0 Å². The van der Waals surface area contributed by atoms with Crippen molar-refractivity contribution < 1.29 is 14.3 Å². The van der Waals surface area contributed by atoms with Crippen molar-refractivity contribution in [3.8, 4) is 6.07 Å². The van der Waals surface area contributed by atoms with Crippen LogP contribution in [-0.2, 0) is 9.53 Å². The monoisotopic (exact) mass is 278 g/mol. The molecule has 98 valence electrons. The number of fused-ring (bicyclic) bond motifs is 1. The van der Waals surface area contributed by atoms with E-state index in [9.17, 15) is 14.9 Å². The highest BCUT2D eigenvalue weighted by atomic mass is 35.5. The van der Waals surface area contributed by atoms with Gasteiger partial charge in [-0.2, -0.15) is 5.26 Å². The predicted molar refractivity (Wildman–Crippen MR) is 67.5 cm³/mol. The fourth-order valence-corrected chi connectivity index (χ4v) is 2.47. The highest BCUT2D eigenvalue weighted by Gasteiger charge is 2.43. The summed E-state index contributed by atoms with van der Waals surface area (Å²) in [5, 5.41) is 9.54. The predicted octanol–water partition coefficient (Wildman–Crippen LogP) is 1.92. The molecule has 0 aromatic heterocycles. The number of esters is 1. The Morgan fingerprint density at radius 2 is 2.26 bits per heavy atom. The Morgan fingerprint density at radius 3 is 2.84 bits per heavy atom. The van der Waals surface area contributed by atoms with Gasteiger partial charge in [-0.15, -0.1) is 0 Å². The zero-order chi connectivity index (χ0) is 14.2. The van der Waals surface area contributed by atoms with Gasteiger partial charge in [0.15, 0.2) is 0 Å². The van der Waals surface area contributed by atoms with Gasteiger partial charge in [-0.1, -0.05) is 23.7 Å². The first-order valence-corrected chi connectivity index (χ1v) is 5.99. The van der Waals surface area contributed by atoms with Gasteiger partial charge in [0.05, 0.1) is 23.8 Å². The van der Waals surface area contributed by atoms with Crippen LogP contribution in [0.15, 0.2) is 18.2 Å². The van der Waals surface area contributed by atoms with Crippen molar-refractivity contribution in [2.24, 2.45) is 0 Å². The molecule has 1 aliphatic heterocycles. The van der Waals surface area contributed by atoms with Crippen molar-refractivity contribution in [3.63, 3.8) is 0 Å². The zero-order valence-corrected chi connectivity index (χ0v) is 11.1. The van der Waals surface area contributed by atoms with Crippen molar-refractivity contribution in [3.05, 3.63) is 34.3 Å². The molecule has 5 nitrogen and oxygen atoms in total. The largest absolute Gasteiger partial charge is 0.467 e. The Bertz CT molecular complexity index is 594. The lowest BCUT2D eigenvalue weighted by Crippen LogP contribution is -2.41. The number of halogens is 1. The van der Waals surface area contributed by atoms with Crippen molar-refractivity contribution in [2.45, 2.75) is 19.0 Å². The summed E-state index contributed by atoms with van der Waals surface area (Å²) < 4.78 is 4.62. The third-order valence-corrected chi connectivity index (χ3v) is 3.46. The summed E-state index contributed by atoms with van der Waals surface area (Å²) >= 11 is 6.00. The molecule has 2 atom stereocenters. The second-order valence-electron chi connectivity index (χ2n) is 4.15. The number of carbonyl (C=O) groups is 2. The standard InChI is InChI=1S/C13H11ClN2O3/c1-7(13(18)19-2)16-10(6-15)8-4-3-5-9(14)11(8)12(16)17/h3-5,7,10H,1-2H3. The first-order chi connectivity index (χ1) is 9.02. The normalized spacial score (nSPS) is 18.7. The Kier molecular flexibility index (Phi) is 3.45. The van der Waals surface area contributed by atoms with Crippen molar-refractivity contribution >= 4 is 23.5 Å². The molecule has 2 rings (SSSR count). The molecule has 0 saturated heterocycles. The van der Waals surface area contributed by atoms with E-state index in [2.05, 4.69) is 4.74 Å². The maximum Gasteiger partial charge on any atom is 0.328 e. The highest BCUT2D eigenvalue weighted by molar-refractivity contribution is 6.34. The zero-order valence-electron chi connectivity index (χ0n) is 10.4. The van der Waals surface area contributed by atoms with Crippen LogP contribution in [0.1, 0.15) is 28.9 Å². The van der Waals surface area contributed by atoms with Crippen LogP contribution in [-0.4, -0.2) is 29.9 Å². The van der Waals surface area contributed by atoms with Crippen LogP contribution in [0.25, 0.3) is 0 Å². The Labute approximate surface area is 115 Å². The topological polar surface area (TPSA) is 70.4 Å². The van der Waals surface area contributed by atoms with Gasteiger partial charge in [0.25, 0.3) is 5.91 Å². The third kappa shape index (κ3) is 1.94. The molecule has 0 bridgehead atoms. The van der Waals surface area contributed by atoms with Gasteiger partial charge < -0.3 is 9.64 Å². The summed E-state index contributed by atoms with van der Waals surface area (Å²) in [6.07, 6.45) is 0. The molecule has 6 heteroatoms. The van der Waals surface area contributed by atoms with Gasteiger partial charge in [0.1, 0.15) is 12.1 Å². The average molecular weight is 279 g/mol. The molecule has 1 aliphatic rings. The quantitative estimate of drug-likeness (QED) is 0.775. The minimum absolute atomic E-state index is 0.280. The summed E-state index contributed by atoms with van der Waals surface area (Å²) in [4.78, 5) is 25.1. The molecule has 0 aliphatic carbocycles. The number of amides is 1. The summed E-state index contributed by atoms with van der Waals surface area (Å²) in [5.41, 5.74) is 0.808. The van der Waals surface area contributed by atoms with E-state index >= 15 is 0 Å². The van der Waals surface area contributed by atoms with Crippen LogP contribution < -0.4 is 0 Å². The van der Waals surface area contributed by atoms with Gasteiger partial charge in [-0.3, -0.25) is 4.79 Å². The summed E-state index contributed by atoms with van der Waals surface area (Å²) in [6.45, 7) is 1.52. The fraction of sp³-hybridized carbons (Fsp3) is 0.308. The number of ether oxygens (including phenoxy) is 1. The van der Waals surface area contributed by atoms with Gasteiger partial charge in [0, 0.05) is 5.56 Å². The molecule has 0 radical (unpaired) electrons. The van der Waals surface area contributed by atoms with Gasteiger partial charge in [0.2, 0.25) is 0 Å². The lowest BCUT2D eigenvalue weighted by Gasteiger charge is -2.25. The number of carbonyl (C=O) groups excluding carboxylic acids is 2. The molecule has 1 aromatic rings. The lowest BCUT2D eigenvalue weighted by atomic mass is 10.1. The first kappa shape index (κ1) is 13.4. The lowest BCUT2D eigenvalue weighted by molar-refractivity contribution is -0.145. The van der Waals surface area contributed by atoms with Crippen molar-refractivity contribution in [2.75, 3.05) is 7.11 Å². The molecular formula is C13H11ClN2O3. The molecule has 1 heterocycles. The maximum atomic E-state index is 12.3. The molecule has 0 spiro atoms. The molecule has 0 N–H and O–H groups in total. The molecule has 1 aromatic carbocycles. The number of hydrogen-bond acceptors (Lipinski definition) is 4. The minimum atomic E-state index is -0.842. The van der Waals surface area contributed by atoms with Gasteiger partial charge in [-0.05, 0) is 13.0 Å². The third-order valence-electron chi connectivity index (χ3n) is 3.15. The fourth-order valence-electron chi connectivity index (χ4n) is 2.21. The number of nitriles is 1. The van der Waals surface area contributed by atoms with Crippen LogP contribution in [0.2, 0.25) is 5.02 Å². The van der Waals surface area contributed by atoms with E-state index in [4.69, 9.17) is 11.6 Å². The van der Waals surface area contributed by atoms with Crippen LogP contribution in [0, 0.1) is 11.3 Å². The SMILES string of the molecule is COC(=O)C(C)N1C(=O)c2c(Cl)cccc2C1C#N. The second-order valence-corrected chi connectivity index (χ2v) is 4.55. The average Bonchev–Trinajstić information content (AvgIpc) is 2.70. The maximum absolute atomic E-state index is 12.3. The van der Waals surface area contributed by atoms with Crippen LogP contribution >= 0.6 is 11.6 Å². The van der Waals surface area contributed by atoms with Crippen LogP contribution in [0.4, 0.5) is 0 Å². The molecular weight excluding hydrogens is 268 g/mol. The minimum Gasteiger partial charge on any atom is -0.467 e. The van der Waals surface area contributed by atoms with E-state index in [1.807, 2.05) is 6.07 Å². The summed E-state index contributed by atoms with van der Waals surface area (Å²) in [7, 11) is 1.24. The molecule has 2 unspecified atom stereocenters. The van der Waals surface area contributed by atoms with E-state index in [1.165, 1.54) is 18.9 Å². The Morgan fingerprint density at radius 1 is 1.58 bits per heavy atom. The van der Waals surface area contributed by atoms with E-state index in [0.29, 0.717) is 5.56 Å². The molecule has 1 amide bonds. The smallest absolute Gasteiger partial charge is 0.328 e. The number of methoxy groups -OCH3 is 1. The van der Waals surface area contributed by atoms with E-state index in [1.54, 1.807) is 18.2 Å². The Hall–Kier alpha value is -2.06. The van der Waals surface area contributed by atoms with Gasteiger partial charge in [-0.25, -0.2) is 4.79 Å². The molecule has 0 saturated carbocycles. The number of nitrogens with zero attached hydrogens (tertiary/aromatic N) is 2. The summed E-state index contributed by atoms with van der Waals surface area (Å²) in [5.74, 6) is -0.998. The second kappa shape index (κ2) is 4.90. The Balaban J connectivity index is 2.51. The number of benzene rings is 1. The summed E-state index contributed by atoms with van der Waals surface area (Å²) in [6, 6.07) is 5.28. The number of rotatable bonds is 2. The highest BCUT2D eigenvalue weighted by Crippen LogP contribution is 2.38. The van der Waals surface area contributed by atoms with E-state index in [-0.39, 0.29) is 10.6 Å². The van der Waals surface area contributed by atoms with E-state index < -0.39 is 24.0 Å². The van der Waals surface area contributed by atoms with Crippen molar-refractivity contribution in [1.29, 1.82) is 5.26 Å². The van der Waals surface area contributed by atoms with Gasteiger partial charge >= 0.3 is 5.97 Å². The van der Waals surface area contributed by atoms with Crippen molar-refractivity contribution in [1.82, 2.24) is 4.90 Å². The molecule has 19 heavy (non-hydrogen) atoms. The van der Waals surface area contributed by atoms with Crippen LogP contribution in [0.5, 0.6) is 0 Å². The van der Waals surface area contributed by atoms with Crippen LogP contribution in [0.3, 0.4) is 0 Å². The first-order valence-electron chi connectivity index (χ1n) is 5.61.